The van der Waals surface area contributed by atoms with Gasteiger partial charge < -0.3 is 10.1 Å². The first-order valence-electron chi connectivity index (χ1n) is 9.44. The number of benzene rings is 1. The molecule has 4 rings (SSSR count). The molecule has 0 radical (unpaired) electrons. The zero-order chi connectivity index (χ0) is 19.1. The summed E-state index contributed by atoms with van der Waals surface area (Å²) in [5.74, 6) is 0.585. The van der Waals surface area contributed by atoms with Gasteiger partial charge >= 0.3 is 0 Å². The number of hydrogen-bond donors (Lipinski definition) is 1. The molecule has 27 heavy (non-hydrogen) atoms. The highest BCUT2D eigenvalue weighted by atomic mass is 16.5. The third-order valence-corrected chi connectivity index (χ3v) is 5.02. The van der Waals surface area contributed by atoms with E-state index in [0.29, 0.717) is 5.88 Å². The van der Waals surface area contributed by atoms with Gasteiger partial charge in [-0.05, 0) is 51.3 Å². The molecule has 3 heterocycles. The maximum atomic E-state index is 6.17. The summed E-state index contributed by atoms with van der Waals surface area (Å²) in [4.78, 5) is 4.15. The summed E-state index contributed by atoms with van der Waals surface area (Å²) in [5.41, 5.74) is 1.96. The highest BCUT2D eigenvalue weighted by molar-refractivity contribution is 5.85. The Morgan fingerprint density at radius 2 is 1.70 bits per heavy atom. The first-order valence-corrected chi connectivity index (χ1v) is 9.44. The van der Waals surface area contributed by atoms with Crippen molar-refractivity contribution >= 4 is 10.8 Å². The van der Waals surface area contributed by atoms with E-state index in [4.69, 9.17) is 4.74 Å². The van der Waals surface area contributed by atoms with Crippen molar-refractivity contribution in [1.82, 2.24) is 20.5 Å². The third kappa shape index (κ3) is 4.08. The SMILES string of the molecule is CC1(C)CC(Oc2ccc(-c3ccc4cnccc4c3)nn2)CC(C)(C)N1. The van der Waals surface area contributed by atoms with E-state index in [9.17, 15) is 0 Å². The molecule has 1 fully saturated rings. The summed E-state index contributed by atoms with van der Waals surface area (Å²) in [7, 11) is 0. The zero-order valence-corrected chi connectivity index (χ0v) is 16.4. The molecule has 2 aromatic heterocycles. The summed E-state index contributed by atoms with van der Waals surface area (Å²) in [6.45, 7) is 8.87. The van der Waals surface area contributed by atoms with Crippen LogP contribution in [0.4, 0.5) is 0 Å². The maximum absolute atomic E-state index is 6.17. The Balaban J connectivity index is 1.51. The molecule has 0 aliphatic carbocycles. The van der Waals surface area contributed by atoms with E-state index in [-0.39, 0.29) is 17.2 Å². The fourth-order valence-corrected chi connectivity index (χ4v) is 4.26. The monoisotopic (exact) mass is 362 g/mol. The maximum Gasteiger partial charge on any atom is 0.233 e. The van der Waals surface area contributed by atoms with Crippen LogP contribution >= 0.6 is 0 Å². The molecule has 5 nitrogen and oxygen atoms in total. The number of nitrogens with zero attached hydrogens (tertiary/aromatic N) is 3. The number of hydrogen-bond acceptors (Lipinski definition) is 5. The average Bonchev–Trinajstić information content (AvgIpc) is 2.59. The average molecular weight is 362 g/mol. The fourth-order valence-electron chi connectivity index (χ4n) is 4.26. The molecule has 0 saturated carbocycles. The Labute approximate surface area is 160 Å². The second-order valence-corrected chi connectivity index (χ2v) is 8.74. The van der Waals surface area contributed by atoms with Gasteiger partial charge in [-0.2, -0.15) is 0 Å². The lowest BCUT2D eigenvalue weighted by atomic mass is 9.81. The van der Waals surface area contributed by atoms with Crippen LogP contribution in [0.15, 0.2) is 48.8 Å². The van der Waals surface area contributed by atoms with Gasteiger partial charge in [-0.3, -0.25) is 4.98 Å². The van der Waals surface area contributed by atoms with Gasteiger partial charge in [0.25, 0.3) is 0 Å². The summed E-state index contributed by atoms with van der Waals surface area (Å²) < 4.78 is 6.17. The quantitative estimate of drug-likeness (QED) is 0.749. The number of pyridine rings is 1. The van der Waals surface area contributed by atoms with Crippen LogP contribution in [-0.4, -0.2) is 32.4 Å². The molecule has 140 valence electrons. The highest BCUT2D eigenvalue weighted by Crippen LogP contribution is 2.31. The minimum atomic E-state index is 0.0414. The largest absolute Gasteiger partial charge is 0.473 e. The molecular formula is C22H26N4O. The van der Waals surface area contributed by atoms with Gasteiger partial charge in [0.15, 0.2) is 0 Å². The summed E-state index contributed by atoms with van der Waals surface area (Å²) in [6, 6.07) is 12.1. The van der Waals surface area contributed by atoms with Crippen molar-refractivity contribution in [1.29, 1.82) is 0 Å². The molecule has 3 aromatic rings. The number of aromatic nitrogens is 3. The summed E-state index contributed by atoms with van der Waals surface area (Å²) >= 11 is 0. The van der Waals surface area contributed by atoms with Gasteiger partial charge in [-0.15, -0.1) is 10.2 Å². The molecule has 0 bridgehead atoms. The molecule has 1 aliphatic heterocycles. The number of ether oxygens (including phenoxy) is 1. The standard InChI is InChI=1S/C22H26N4O/c1-21(2)12-18(13-22(3,4)26-21)27-20-8-7-19(24-25-20)16-5-6-17-14-23-10-9-15(17)11-16/h5-11,14,18,26H,12-13H2,1-4H3. The molecule has 1 aromatic carbocycles. The van der Waals surface area contributed by atoms with E-state index in [1.54, 1.807) is 6.20 Å². The van der Waals surface area contributed by atoms with Crippen molar-refractivity contribution in [3.63, 3.8) is 0 Å². The minimum absolute atomic E-state index is 0.0414. The molecule has 5 heteroatoms. The minimum Gasteiger partial charge on any atom is -0.473 e. The number of nitrogens with one attached hydrogen (secondary N) is 1. The topological polar surface area (TPSA) is 59.9 Å². The van der Waals surface area contributed by atoms with Crippen LogP contribution in [-0.2, 0) is 0 Å². The molecule has 1 N–H and O–H groups in total. The smallest absolute Gasteiger partial charge is 0.233 e. The third-order valence-electron chi connectivity index (χ3n) is 5.02. The number of fused-ring (bicyclic) bond motifs is 1. The van der Waals surface area contributed by atoms with Gasteiger partial charge in [0, 0.05) is 53.3 Å². The van der Waals surface area contributed by atoms with Gasteiger partial charge in [-0.25, -0.2) is 0 Å². The lowest BCUT2D eigenvalue weighted by Crippen LogP contribution is -2.60. The highest BCUT2D eigenvalue weighted by Gasteiger charge is 2.38. The predicted octanol–water partition coefficient (Wildman–Crippen LogP) is 4.38. The van der Waals surface area contributed by atoms with Crippen molar-refractivity contribution in [2.24, 2.45) is 0 Å². The van der Waals surface area contributed by atoms with Crippen molar-refractivity contribution in [3.8, 4) is 17.1 Å². The molecular weight excluding hydrogens is 336 g/mol. The van der Waals surface area contributed by atoms with Crippen LogP contribution in [0.3, 0.4) is 0 Å². The normalized spacial score (nSPS) is 19.1. The lowest BCUT2D eigenvalue weighted by molar-refractivity contribution is 0.0524. The zero-order valence-electron chi connectivity index (χ0n) is 16.4. The Morgan fingerprint density at radius 1 is 0.926 bits per heavy atom. The van der Waals surface area contributed by atoms with E-state index in [2.05, 4.69) is 60.3 Å². The lowest BCUT2D eigenvalue weighted by Gasteiger charge is -2.46. The van der Waals surface area contributed by atoms with Gasteiger partial charge in [0.2, 0.25) is 5.88 Å². The Hall–Kier alpha value is -2.53. The first-order chi connectivity index (χ1) is 12.8. The van der Waals surface area contributed by atoms with Gasteiger partial charge in [0.1, 0.15) is 6.10 Å². The molecule has 1 aliphatic rings. The van der Waals surface area contributed by atoms with Crippen molar-refractivity contribution in [2.45, 2.75) is 57.7 Å². The van der Waals surface area contributed by atoms with Crippen LogP contribution in [0, 0.1) is 0 Å². The predicted molar refractivity (Wildman–Crippen MR) is 108 cm³/mol. The van der Waals surface area contributed by atoms with Crippen LogP contribution in [0.25, 0.3) is 22.0 Å². The van der Waals surface area contributed by atoms with E-state index in [1.165, 1.54) is 0 Å². The Morgan fingerprint density at radius 3 is 2.41 bits per heavy atom. The van der Waals surface area contributed by atoms with Crippen molar-refractivity contribution < 1.29 is 4.74 Å². The van der Waals surface area contributed by atoms with Gasteiger partial charge in [-0.1, -0.05) is 12.1 Å². The van der Waals surface area contributed by atoms with Crippen molar-refractivity contribution in [3.05, 3.63) is 48.8 Å². The fraction of sp³-hybridized carbons (Fsp3) is 0.409. The van der Waals surface area contributed by atoms with Crippen molar-refractivity contribution in [2.75, 3.05) is 0 Å². The number of rotatable bonds is 3. The molecule has 0 amide bonds. The van der Waals surface area contributed by atoms with E-state index in [1.807, 2.05) is 30.5 Å². The van der Waals surface area contributed by atoms with Crippen LogP contribution in [0.1, 0.15) is 40.5 Å². The van der Waals surface area contributed by atoms with E-state index >= 15 is 0 Å². The Kier molecular flexibility index (Phi) is 4.35. The van der Waals surface area contributed by atoms with Crippen LogP contribution < -0.4 is 10.1 Å². The molecule has 1 saturated heterocycles. The molecule has 0 atom stereocenters. The first kappa shape index (κ1) is 17.9. The van der Waals surface area contributed by atoms with Gasteiger partial charge in [0.05, 0.1) is 5.69 Å². The van der Waals surface area contributed by atoms with Crippen LogP contribution in [0.2, 0.25) is 0 Å². The van der Waals surface area contributed by atoms with Crippen LogP contribution in [0.5, 0.6) is 5.88 Å². The number of piperidine rings is 1. The van der Waals surface area contributed by atoms with E-state index < -0.39 is 0 Å². The van der Waals surface area contributed by atoms with E-state index in [0.717, 1.165) is 34.9 Å². The molecule has 0 spiro atoms. The molecule has 0 unspecified atom stereocenters. The Bertz CT molecular complexity index is 934. The second kappa shape index (κ2) is 6.57. The summed E-state index contributed by atoms with van der Waals surface area (Å²) in [6.07, 6.45) is 5.68. The second-order valence-electron chi connectivity index (χ2n) is 8.74. The summed E-state index contributed by atoms with van der Waals surface area (Å²) in [5, 5.41) is 14.6.